The molecule has 0 saturated carbocycles. The van der Waals surface area contributed by atoms with Crippen LogP contribution in [0.2, 0.25) is 0 Å². The number of aryl methyl sites for hydroxylation is 1. The van der Waals surface area contributed by atoms with Crippen molar-refractivity contribution >= 4 is 17.5 Å². The van der Waals surface area contributed by atoms with E-state index < -0.39 is 6.09 Å². The number of anilines is 2. The Labute approximate surface area is 113 Å². The quantitative estimate of drug-likeness (QED) is 0.762. The van der Waals surface area contributed by atoms with Gasteiger partial charge in [0, 0.05) is 24.5 Å². The molecule has 0 aromatic heterocycles. The molecule has 1 aromatic rings. The first-order valence-corrected chi connectivity index (χ1v) is 6.52. The molecule has 3 N–H and O–H groups in total. The van der Waals surface area contributed by atoms with Crippen molar-refractivity contribution in [3.63, 3.8) is 0 Å². The molecule has 1 aromatic carbocycles. The maximum Gasteiger partial charge on any atom is 0.407 e. The van der Waals surface area contributed by atoms with Gasteiger partial charge in [-0.2, -0.15) is 0 Å². The molecular formula is C14H21N3O2. The molecule has 1 aliphatic heterocycles. The van der Waals surface area contributed by atoms with Gasteiger partial charge >= 0.3 is 6.09 Å². The van der Waals surface area contributed by atoms with Gasteiger partial charge in [-0.05, 0) is 44.5 Å². The number of hydrogen-bond donors (Lipinski definition) is 2. The Hall–Kier alpha value is -1.91. The van der Waals surface area contributed by atoms with Crippen LogP contribution in [0.3, 0.4) is 0 Å². The van der Waals surface area contributed by atoms with Crippen molar-refractivity contribution in [3.05, 3.63) is 23.8 Å². The second-order valence-corrected chi connectivity index (χ2v) is 5.34. The fraction of sp³-hybridized carbons (Fsp3) is 0.500. The Morgan fingerprint density at radius 3 is 2.37 bits per heavy atom. The lowest BCUT2D eigenvalue weighted by atomic mass is 10.1. The summed E-state index contributed by atoms with van der Waals surface area (Å²) in [7, 11) is 0. The summed E-state index contributed by atoms with van der Waals surface area (Å²) < 4.78 is 0. The summed E-state index contributed by atoms with van der Waals surface area (Å²) in [6.45, 7) is 7.35. The minimum absolute atomic E-state index is 0.0156. The lowest BCUT2D eigenvalue weighted by Gasteiger charge is -2.44. The second kappa shape index (κ2) is 4.99. The first kappa shape index (κ1) is 13.5. The number of carbonyl (C=O) groups is 1. The summed E-state index contributed by atoms with van der Waals surface area (Å²) in [6.07, 6.45) is -0.839. The molecule has 0 aliphatic carbocycles. The Morgan fingerprint density at radius 1 is 1.32 bits per heavy atom. The number of piperazine rings is 1. The zero-order valence-electron chi connectivity index (χ0n) is 11.6. The normalized spacial score (nSPS) is 23.5. The van der Waals surface area contributed by atoms with E-state index >= 15 is 0 Å². The molecule has 1 aliphatic rings. The van der Waals surface area contributed by atoms with E-state index in [1.54, 1.807) is 0 Å². The number of amides is 1. The van der Waals surface area contributed by atoms with E-state index in [1.165, 1.54) is 4.90 Å². The number of rotatable bonds is 1. The number of nitrogens with two attached hydrogens (primary N) is 1. The van der Waals surface area contributed by atoms with E-state index in [-0.39, 0.29) is 12.1 Å². The standard InChI is InChI=1S/C14H21N3O2/c1-9-6-12(15)4-5-13(9)16-7-10(2)17(14(18)19)11(3)8-16/h4-6,10-11H,7-8,15H2,1-3H3,(H,18,19)/t10-,11?/m1/s1. The van der Waals surface area contributed by atoms with Crippen molar-refractivity contribution in [2.24, 2.45) is 0 Å². The van der Waals surface area contributed by atoms with Crippen LogP contribution < -0.4 is 10.6 Å². The molecule has 2 rings (SSSR count). The van der Waals surface area contributed by atoms with Gasteiger partial charge in [0.2, 0.25) is 0 Å². The van der Waals surface area contributed by atoms with Gasteiger partial charge in [-0.3, -0.25) is 4.90 Å². The smallest absolute Gasteiger partial charge is 0.407 e. The van der Waals surface area contributed by atoms with E-state index in [0.717, 1.165) is 16.9 Å². The average Bonchev–Trinajstić information content (AvgIpc) is 2.26. The number of carboxylic acid groups (broad SMARTS) is 1. The lowest BCUT2D eigenvalue weighted by molar-refractivity contribution is 0.0982. The van der Waals surface area contributed by atoms with Crippen LogP contribution in [0.4, 0.5) is 16.2 Å². The summed E-state index contributed by atoms with van der Waals surface area (Å²) in [6, 6.07) is 5.83. The Balaban J connectivity index is 2.22. The molecule has 5 nitrogen and oxygen atoms in total. The zero-order valence-corrected chi connectivity index (χ0v) is 11.6. The Bertz CT molecular complexity index is 478. The highest BCUT2D eigenvalue weighted by Gasteiger charge is 2.33. The third-order valence-corrected chi connectivity index (χ3v) is 3.70. The molecule has 1 amide bonds. The zero-order chi connectivity index (χ0) is 14.2. The molecule has 1 heterocycles. The highest BCUT2D eigenvalue weighted by Crippen LogP contribution is 2.26. The van der Waals surface area contributed by atoms with Crippen LogP contribution >= 0.6 is 0 Å². The molecular weight excluding hydrogens is 242 g/mol. The van der Waals surface area contributed by atoms with Crippen molar-refractivity contribution in [1.29, 1.82) is 0 Å². The summed E-state index contributed by atoms with van der Waals surface area (Å²) in [4.78, 5) is 15.0. The molecule has 1 unspecified atom stereocenters. The molecule has 1 saturated heterocycles. The number of nitrogen functional groups attached to an aromatic ring is 1. The topological polar surface area (TPSA) is 69.8 Å². The van der Waals surface area contributed by atoms with Gasteiger partial charge in [-0.25, -0.2) is 4.79 Å². The molecule has 104 valence electrons. The predicted octanol–water partition coefficient (Wildman–Crippen LogP) is 2.15. The van der Waals surface area contributed by atoms with Gasteiger partial charge in [-0.15, -0.1) is 0 Å². The summed E-state index contributed by atoms with van der Waals surface area (Å²) in [5.74, 6) is 0. The van der Waals surface area contributed by atoms with Crippen LogP contribution in [0.15, 0.2) is 18.2 Å². The third-order valence-electron chi connectivity index (χ3n) is 3.70. The monoisotopic (exact) mass is 263 g/mol. The molecule has 1 fully saturated rings. The summed E-state index contributed by atoms with van der Waals surface area (Å²) in [5.41, 5.74) is 8.79. The highest BCUT2D eigenvalue weighted by molar-refractivity contribution is 5.67. The van der Waals surface area contributed by atoms with Gasteiger partial charge in [0.15, 0.2) is 0 Å². The second-order valence-electron chi connectivity index (χ2n) is 5.34. The minimum atomic E-state index is -0.839. The van der Waals surface area contributed by atoms with Crippen LogP contribution in [0.25, 0.3) is 0 Å². The van der Waals surface area contributed by atoms with Gasteiger partial charge < -0.3 is 15.7 Å². The van der Waals surface area contributed by atoms with Gasteiger partial charge in [0.05, 0.1) is 12.1 Å². The van der Waals surface area contributed by atoms with Crippen LogP contribution in [0.5, 0.6) is 0 Å². The van der Waals surface area contributed by atoms with Gasteiger partial charge in [0.25, 0.3) is 0 Å². The SMILES string of the molecule is Cc1cc(N)ccc1N1CC(C)N(C(=O)O)[C@H](C)C1. The number of nitrogens with zero attached hydrogens (tertiary/aromatic N) is 2. The van der Waals surface area contributed by atoms with Crippen molar-refractivity contribution in [2.75, 3.05) is 23.7 Å². The molecule has 2 atom stereocenters. The van der Waals surface area contributed by atoms with Crippen LogP contribution in [-0.2, 0) is 0 Å². The van der Waals surface area contributed by atoms with Crippen LogP contribution in [-0.4, -0.2) is 41.3 Å². The van der Waals surface area contributed by atoms with Crippen molar-refractivity contribution in [2.45, 2.75) is 32.9 Å². The third kappa shape index (κ3) is 2.59. The fourth-order valence-corrected chi connectivity index (χ4v) is 2.93. The number of benzene rings is 1. The van der Waals surface area contributed by atoms with Gasteiger partial charge in [0.1, 0.15) is 0 Å². The summed E-state index contributed by atoms with van der Waals surface area (Å²) >= 11 is 0. The first-order valence-electron chi connectivity index (χ1n) is 6.52. The first-order chi connectivity index (χ1) is 8.90. The van der Waals surface area contributed by atoms with Gasteiger partial charge in [-0.1, -0.05) is 0 Å². The average molecular weight is 263 g/mol. The Kier molecular flexibility index (Phi) is 3.55. The minimum Gasteiger partial charge on any atom is -0.465 e. The predicted molar refractivity (Wildman–Crippen MR) is 76.6 cm³/mol. The largest absolute Gasteiger partial charge is 0.465 e. The van der Waals surface area contributed by atoms with Crippen LogP contribution in [0.1, 0.15) is 19.4 Å². The maximum absolute atomic E-state index is 11.2. The van der Waals surface area contributed by atoms with Crippen molar-refractivity contribution < 1.29 is 9.90 Å². The molecule has 0 spiro atoms. The molecule has 19 heavy (non-hydrogen) atoms. The van der Waals surface area contributed by atoms with Crippen LogP contribution in [0, 0.1) is 6.92 Å². The van der Waals surface area contributed by atoms with Crippen molar-refractivity contribution in [3.8, 4) is 0 Å². The lowest BCUT2D eigenvalue weighted by Crippen LogP contribution is -2.58. The molecule has 0 radical (unpaired) electrons. The highest BCUT2D eigenvalue weighted by atomic mass is 16.4. The van der Waals surface area contributed by atoms with E-state index in [0.29, 0.717) is 13.1 Å². The maximum atomic E-state index is 11.2. The molecule has 0 bridgehead atoms. The van der Waals surface area contributed by atoms with E-state index in [2.05, 4.69) is 4.90 Å². The van der Waals surface area contributed by atoms with E-state index in [4.69, 9.17) is 5.73 Å². The van der Waals surface area contributed by atoms with Crippen molar-refractivity contribution in [1.82, 2.24) is 4.90 Å². The fourth-order valence-electron chi connectivity index (χ4n) is 2.93. The molecule has 5 heteroatoms. The summed E-state index contributed by atoms with van der Waals surface area (Å²) in [5, 5.41) is 9.22. The number of hydrogen-bond acceptors (Lipinski definition) is 3. The van der Waals surface area contributed by atoms with E-state index in [9.17, 15) is 9.90 Å². The Morgan fingerprint density at radius 2 is 1.89 bits per heavy atom. The van der Waals surface area contributed by atoms with E-state index in [1.807, 2.05) is 39.0 Å².